The minimum Gasteiger partial charge on any atom is -0.492 e. The molecule has 0 unspecified atom stereocenters. The van der Waals surface area contributed by atoms with Gasteiger partial charge in [0.15, 0.2) is 11.5 Å². The van der Waals surface area contributed by atoms with Crippen molar-refractivity contribution in [1.82, 2.24) is 29.7 Å². The van der Waals surface area contributed by atoms with Crippen molar-refractivity contribution in [1.29, 1.82) is 0 Å². The van der Waals surface area contributed by atoms with Crippen molar-refractivity contribution in [3.05, 3.63) is 42.5 Å². The van der Waals surface area contributed by atoms with Crippen LogP contribution < -0.4 is 15.8 Å². The molecular formula is C24H31N7O3. The van der Waals surface area contributed by atoms with Gasteiger partial charge in [-0.05, 0) is 63.4 Å². The summed E-state index contributed by atoms with van der Waals surface area (Å²) in [4.78, 5) is 28.0. The fraction of sp³-hybridized carbons (Fsp3) is 0.500. The number of carbonyl (C=O) groups is 1. The summed E-state index contributed by atoms with van der Waals surface area (Å²) >= 11 is 0. The van der Waals surface area contributed by atoms with Gasteiger partial charge in [0.2, 0.25) is 0 Å². The van der Waals surface area contributed by atoms with Crippen molar-refractivity contribution >= 4 is 22.9 Å². The van der Waals surface area contributed by atoms with Gasteiger partial charge >= 0.3 is 0 Å². The molecule has 3 aromatic rings. The zero-order valence-electron chi connectivity index (χ0n) is 19.1. The Kier molecular flexibility index (Phi) is 6.59. The first kappa shape index (κ1) is 22.5. The molecule has 1 aliphatic heterocycles. The SMILES string of the molecule is Nc1ncnc2c1ncn2[C@H]1CCC[C@H](NC(=O)c2cccc(OCCN3CCCC3)c2)[C@@H]1O. The number of nitrogens with two attached hydrogens (primary N) is 1. The number of carbonyl (C=O) groups excluding carboxylic acids is 1. The Morgan fingerprint density at radius 2 is 2.03 bits per heavy atom. The molecule has 0 spiro atoms. The highest BCUT2D eigenvalue weighted by molar-refractivity contribution is 5.94. The lowest BCUT2D eigenvalue weighted by atomic mass is 9.87. The topological polar surface area (TPSA) is 131 Å². The molecule has 1 amide bonds. The Bertz CT molecular complexity index is 1140. The number of imidazole rings is 1. The Labute approximate surface area is 198 Å². The van der Waals surface area contributed by atoms with E-state index in [9.17, 15) is 9.90 Å². The molecule has 180 valence electrons. The normalized spacial score (nSPS) is 23.3. The summed E-state index contributed by atoms with van der Waals surface area (Å²) in [6, 6.07) is 6.56. The molecule has 0 bridgehead atoms. The van der Waals surface area contributed by atoms with Crippen molar-refractivity contribution in [3.63, 3.8) is 0 Å². The number of hydrogen-bond donors (Lipinski definition) is 3. The van der Waals surface area contributed by atoms with Crippen LogP contribution in [0.1, 0.15) is 48.5 Å². The predicted octanol–water partition coefficient (Wildman–Crippen LogP) is 1.77. The number of aliphatic hydroxyl groups is 1. The van der Waals surface area contributed by atoms with Crippen LogP contribution in [0.25, 0.3) is 11.2 Å². The number of nitrogens with zero attached hydrogens (tertiary/aromatic N) is 5. The third kappa shape index (κ3) is 4.69. The Hall–Kier alpha value is -3.24. The molecule has 2 fully saturated rings. The van der Waals surface area contributed by atoms with Crippen LogP contribution in [0.4, 0.5) is 5.82 Å². The van der Waals surface area contributed by atoms with Crippen molar-refractivity contribution in [2.75, 3.05) is 32.0 Å². The summed E-state index contributed by atoms with van der Waals surface area (Å²) in [5, 5.41) is 14.2. The number of amides is 1. The van der Waals surface area contributed by atoms with Gasteiger partial charge in [0.25, 0.3) is 5.91 Å². The lowest BCUT2D eigenvalue weighted by molar-refractivity contribution is 0.0410. The lowest BCUT2D eigenvalue weighted by Crippen LogP contribution is -2.49. The van der Waals surface area contributed by atoms with E-state index in [-0.39, 0.29) is 18.0 Å². The summed E-state index contributed by atoms with van der Waals surface area (Å²) in [6.45, 7) is 3.75. The largest absolute Gasteiger partial charge is 0.492 e. The molecule has 5 rings (SSSR count). The summed E-state index contributed by atoms with van der Waals surface area (Å²) in [5.74, 6) is 0.759. The highest BCUT2D eigenvalue weighted by atomic mass is 16.5. The number of anilines is 1. The average Bonchev–Trinajstić information content (AvgIpc) is 3.52. The fourth-order valence-corrected chi connectivity index (χ4v) is 5.01. The van der Waals surface area contributed by atoms with Crippen LogP contribution in [0.2, 0.25) is 0 Å². The quantitative estimate of drug-likeness (QED) is 0.481. The van der Waals surface area contributed by atoms with Crippen LogP contribution in [0, 0.1) is 0 Å². The van der Waals surface area contributed by atoms with Crippen LogP contribution in [0.15, 0.2) is 36.9 Å². The Morgan fingerprint density at radius 3 is 2.88 bits per heavy atom. The monoisotopic (exact) mass is 465 g/mol. The molecule has 2 aromatic heterocycles. The average molecular weight is 466 g/mol. The smallest absolute Gasteiger partial charge is 0.251 e. The first-order chi connectivity index (χ1) is 16.6. The standard InChI is InChI=1S/C24H31N7O3/c25-22-20-23(27-14-26-22)31(15-28-20)19-8-4-7-18(21(19)32)29-24(33)16-5-3-6-17(13-16)34-12-11-30-9-1-2-10-30/h3,5-6,13-15,18-19,21,32H,1-2,4,7-12H2,(H,29,33)(H2,25,26,27)/t18-,19-,21-/m0/s1. The molecule has 1 saturated carbocycles. The molecule has 4 N–H and O–H groups in total. The Morgan fingerprint density at radius 1 is 1.18 bits per heavy atom. The van der Waals surface area contributed by atoms with Crippen molar-refractivity contribution in [2.24, 2.45) is 0 Å². The van der Waals surface area contributed by atoms with Crippen LogP contribution in [0.3, 0.4) is 0 Å². The second-order valence-corrected chi connectivity index (χ2v) is 9.08. The summed E-state index contributed by atoms with van der Waals surface area (Å²) in [7, 11) is 0. The highest BCUT2D eigenvalue weighted by Gasteiger charge is 2.35. The molecule has 0 radical (unpaired) electrons. The van der Waals surface area contributed by atoms with Crippen LogP contribution in [-0.2, 0) is 0 Å². The molecule has 1 saturated heterocycles. The van der Waals surface area contributed by atoms with E-state index >= 15 is 0 Å². The van der Waals surface area contributed by atoms with Gasteiger partial charge in [-0.2, -0.15) is 0 Å². The zero-order chi connectivity index (χ0) is 23.5. The third-order valence-electron chi connectivity index (χ3n) is 6.85. The van der Waals surface area contributed by atoms with E-state index in [1.807, 2.05) is 16.7 Å². The summed E-state index contributed by atoms with van der Waals surface area (Å²) in [5.41, 5.74) is 7.52. The number of nitrogen functional groups attached to an aromatic ring is 1. The van der Waals surface area contributed by atoms with Gasteiger partial charge in [0.05, 0.1) is 24.5 Å². The molecule has 3 atom stereocenters. The number of nitrogens with one attached hydrogen (secondary N) is 1. The molecule has 1 aliphatic carbocycles. The molecular weight excluding hydrogens is 434 g/mol. The van der Waals surface area contributed by atoms with E-state index in [4.69, 9.17) is 10.5 Å². The molecule has 3 heterocycles. The van der Waals surface area contributed by atoms with Crippen LogP contribution in [0.5, 0.6) is 5.75 Å². The fourth-order valence-electron chi connectivity index (χ4n) is 5.01. The van der Waals surface area contributed by atoms with Gasteiger partial charge in [0.1, 0.15) is 24.2 Å². The summed E-state index contributed by atoms with van der Waals surface area (Å²) in [6.07, 6.45) is 7.05. The number of hydrogen-bond acceptors (Lipinski definition) is 8. The summed E-state index contributed by atoms with van der Waals surface area (Å²) < 4.78 is 7.72. The minimum absolute atomic E-state index is 0.225. The van der Waals surface area contributed by atoms with Crippen LogP contribution >= 0.6 is 0 Å². The van der Waals surface area contributed by atoms with Gasteiger partial charge in [-0.3, -0.25) is 9.69 Å². The maximum atomic E-state index is 13.0. The van der Waals surface area contributed by atoms with E-state index in [2.05, 4.69) is 25.2 Å². The first-order valence-electron chi connectivity index (χ1n) is 12.0. The number of benzene rings is 1. The zero-order valence-corrected chi connectivity index (χ0v) is 19.1. The van der Waals surface area contributed by atoms with Crippen molar-refractivity contribution in [3.8, 4) is 5.75 Å². The predicted molar refractivity (Wildman–Crippen MR) is 127 cm³/mol. The van der Waals surface area contributed by atoms with E-state index in [0.29, 0.717) is 41.3 Å². The number of rotatable bonds is 7. The van der Waals surface area contributed by atoms with E-state index in [1.54, 1.807) is 18.5 Å². The second-order valence-electron chi connectivity index (χ2n) is 9.08. The number of likely N-dealkylation sites (tertiary alicyclic amines) is 1. The van der Waals surface area contributed by atoms with Gasteiger partial charge < -0.3 is 25.5 Å². The number of aromatic nitrogens is 4. The number of ether oxygens (including phenoxy) is 1. The number of aliphatic hydroxyl groups excluding tert-OH is 1. The van der Waals surface area contributed by atoms with Gasteiger partial charge in [-0.15, -0.1) is 0 Å². The molecule has 34 heavy (non-hydrogen) atoms. The number of fused-ring (bicyclic) bond motifs is 1. The Balaban J connectivity index is 1.23. The van der Waals surface area contributed by atoms with Gasteiger partial charge in [-0.1, -0.05) is 6.07 Å². The maximum Gasteiger partial charge on any atom is 0.251 e. The van der Waals surface area contributed by atoms with E-state index < -0.39 is 6.10 Å². The second kappa shape index (κ2) is 9.94. The molecule has 2 aliphatic rings. The van der Waals surface area contributed by atoms with E-state index in [0.717, 1.165) is 32.5 Å². The van der Waals surface area contributed by atoms with E-state index in [1.165, 1.54) is 19.2 Å². The lowest BCUT2D eigenvalue weighted by Gasteiger charge is -2.36. The minimum atomic E-state index is -0.786. The van der Waals surface area contributed by atoms with Gasteiger partial charge in [-0.25, -0.2) is 15.0 Å². The molecule has 10 heteroatoms. The third-order valence-corrected chi connectivity index (χ3v) is 6.85. The first-order valence-corrected chi connectivity index (χ1v) is 12.0. The highest BCUT2D eigenvalue weighted by Crippen LogP contribution is 2.32. The van der Waals surface area contributed by atoms with Crippen molar-refractivity contribution in [2.45, 2.75) is 50.3 Å². The molecule has 10 nitrogen and oxygen atoms in total. The van der Waals surface area contributed by atoms with Crippen LogP contribution in [-0.4, -0.2) is 73.8 Å². The van der Waals surface area contributed by atoms with Crippen molar-refractivity contribution < 1.29 is 14.6 Å². The maximum absolute atomic E-state index is 13.0. The van der Waals surface area contributed by atoms with Gasteiger partial charge in [0, 0.05) is 12.1 Å². The molecule has 1 aromatic carbocycles.